The molecule has 1 aromatic rings. The third kappa shape index (κ3) is 2.38. The van der Waals surface area contributed by atoms with Crippen LogP contribution in [0.15, 0.2) is 18.2 Å². The molecule has 3 atom stereocenters. The van der Waals surface area contributed by atoms with E-state index in [1.54, 1.807) is 0 Å². The number of rotatable bonds is 3. The molecule has 4 rings (SSSR count). The highest BCUT2D eigenvalue weighted by Crippen LogP contribution is 2.56. The molecule has 0 aromatic heterocycles. The first-order valence-electron chi connectivity index (χ1n) is 9.14. The summed E-state index contributed by atoms with van der Waals surface area (Å²) >= 11 is 0. The number of ketones is 1. The number of hydrogen-bond acceptors (Lipinski definition) is 3. The molecule has 0 amide bonds. The molecule has 1 saturated carbocycles. The quantitative estimate of drug-likeness (QED) is 0.797. The Morgan fingerprint density at radius 1 is 1.24 bits per heavy atom. The molecule has 0 unspecified atom stereocenters. The number of benzene rings is 1. The van der Waals surface area contributed by atoms with Crippen LogP contribution in [0.5, 0.6) is 5.75 Å². The molecular formula is C22H23NO2. The van der Waals surface area contributed by atoms with Crippen LogP contribution in [0.25, 0.3) is 0 Å². The lowest BCUT2D eigenvalue weighted by atomic mass is 9.52. The Morgan fingerprint density at radius 2 is 2.12 bits per heavy atom. The molecule has 128 valence electrons. The summed E-state index contributed by atoms with van der Waals surface area (Å²) in [6, 6.07) is 5.82. The number of carbonyl (C=O) groups is 1. The molecular weight excluding hydrogens is 310 g/mol. The minimum absolute atomic E-state index is 0.0601. The summed E-state index contributed by atoms with van der Waals surface area (Å²) in [4.78, 5) is 15.5. The summed E-state index contributed by atoms with van der Waals surface area (Å²) in [5, 5.41) is 0. The van der Waals surface area contributed by atoms with E-state index >= 15 is 0 Å². The summed E-state index contributed by atoms with van der Waals surface area (Å²) in [6.45, 7) is 1.70. The summed E-state index contributed by atoms with van der Waals surface area (Å²) in [6.07, 6.45) is 16.6. The molecule has 1 aliphatic heterocycles. The van der Waals surface area contributed by atoms with Crippen LogP contribution in [-0.2, 0) is 5.41 Å². The Hall–Kier alpha value is -2.23. The Morgan fingerprint density at radius 3 is 2.92 bits per heavy atom. The molecule has 0 spiro atoms. The van der Waals surface area contributed by atoms with Gasteiger partial charge in [0.15, 0.2) is 5.78 Å². The van der Waals surface area contributed by atoms with Crippen LogP contribution >= 0.6 is 0 Å². The maximum Gasteiger partial charge on any atom is 0.180 e. The van der Waals surface area contributed by atoms with Gasteiger partial charge in [-0.25, -0.2) is 0 Å². The van der Waals surface area contributed by atoms with Crippen LogP contribution in [0.2, 0.25) is 0 Å². The molecule has 3 heteroatoms. The molecule has 2 aliphatic carbocycles. The lowest BCUT2D eigenvalue weighted by Crippen LogP contribution is -2.63. The highest BCUT2D eigenvalue weighted by molar-refractivity contribution is 6.04. The second-order valence-corrected chi connectivity index (χ2v) is 7.44. The van der Waals surface area contributed by atoms with E-state index in [-0.39, 0.29) is 23.8 Å². The fourth-order valence-corrected chi connectivity index (χ4v) is 5.41. The molecule has 0 N–H and O–H groups in total. The van der Waals surface area contributed by atoms with Crippen LogP contribution < -0.4 is 4.74 Å². The van der Waals surface area contributed by atoms with Gasteiger partial charge in [-0.2, -0.15) is 0 Å². The van der Waals surface area contributed by atoms with Gasteiger partial charge >= 0.3 is 0 Å². The maximum absolute atomic E-state index is 13.3. The van der Waals surface area contributed by atoms with Crippen LogP contribution in [0.4, 0.5) is 0 Å². The van der Waals surface area contributed by atoms with Gasteiger partial charge in [0.1, 0.15) is 12.4 Å². The van der Waals surface area contributed by atoms with Crippen LogP contribution in [0.1, 0.15) is 48.0 Å². The zero-order valence-electron chi connectivity index (χ0n) is 14.5. The number of likely N-dealkylation sites (tertiary alicyclic amines) is 1. The number of ether oxygens (including phenoxy) is 1. The second kappa shape index (κ2) is 6.25. The Bertz CT molecular complexity index is 784. The van der Waals surface area contributed by atoms with Crippen molar-refractivity contribution in [3.05, 3.63) is 29.3 Å². The first kappa shape index (κ1) is 16.2. The standard InChI is InChI=1S/C22H23NO2/c1-3-12-23-13-11-22-10-6-5-7-18(22)20(23)21(24)17-9-8-16(15-19(17)22)25-14-4-2/h1-2,8-9,15,18,20H,5-7,10-14H2/t18-,20+,22-/m0/s1. The van der Waals surface area contributed by atoms with Crippen molar-refractivity contribution in [3.63, 3.8) is 0 Å². The summed E-state index contributed by atoms with van der Waals surface area (Å²) in [5.41, 5.74) is 2.14. The van der Waals surface area contributed by atoms with Crippen molar-refractivity contribution in [2.75, 3.05) is 19.7 Å². The zero-order valence-corrected chi connectivity index (χ0v) is 14.5. The third-order valence-electron chi connectivity index (χ3n) is 6.40. The third-order valence-corrected chi connectivity index (χ3v) is 6.40. The van der Waals surface area contributed by atoms with Crippen molar-refractivity contribution in [2.24, 2.45) is 5.92 Å². The highest BCUT2D eigenvalue weighted by Gasteiger charge is 2.56. The summed E-state index contributed by atoms with van der Waals surface area (Å²) < 4.78 is 5.65. The maximum atomic E-state index is 13.3. The van der Waals surface area contributed by atoms with Gasteiger partial charge in [-0.1, -0.05) is 24.7 Å². The lowest BCUT2D eigenvalue weighted by molar-refractivity contribution is 0.00301. The molecule has 2 fully saturated rings. The van der Waals surface area contributed by atoms with Gasteiger partial charge in [0.25, 0.3) is 0 Å². The van der Waals surface area contributed by atoms with E-state index < -0.39 is 0 Å². The molecule has 3 nitrogen and oxygen atoms in total. The highest BCUT2D eigenvalue weighted by atomic mass is 16.5. The molecule has 1 heterocycles. The van der Waals surface area contributed by atoms with Crippen molar-refractivity contribution in [1.82, 2.24) is 4.90 Å². The van der Waals surface area contributed by atoms with Crippen molar-refractivity contribution in [3.8, 4) is 30.4 Å². The van der Waals surface area contributed by atoms with Crippen LogP contribution in [-0.4, -0.2) is 36.4 Å². The summed E-state index contributed by atoms with van der Waals surface area (Å²) in [7, 11) is 0. The second-order valence-electron chi connectivity index (χ2n) is 7.44. The molecule has 1 aromatic carbocycles. The number of hydrogen-bond donors (Lipinski definition) is 0. The Labute approximate surface area is 149 Å². The molecule has 1 saturated heterocycles. The normalized spacial score (nSPS) is 30.6. The predicted octanol–water partition coefficient (Wildman–Crippen LogP) is 3.03. The van der Waals surface area contributed by atoms with E-state index in [1.165, 1.54) is 18.4 Å². The average molecular weight is 333 g/mol. The Kier molecular flexibility index (Phi) is 4.06. The van der Waals surface area contributed by atoms with E-state index in [9.17, 15) is 4.79 Å². The van der Waals surface area contributed by atoms with Gasteiger partial charge in [-0.3, -0.25) is 9.69 Å². The van der Waals surface area contributed by atoms with Crippen LogP contribution in [0.3, 0.4) is 0 Å². The average Bonchev–Trinajstić information content (AvgIpc) is 2.65. The van der Waals surface area contributed by atoms with E-state index in [0.29, 0.717) is 12.5 Å². The fraction of sp³-hybridized carbons (Fsp3) is 0.500. The number of fused-ring (bicyclic) bond motifs is 1. The van der Waals surface area contributed by atoms with Crippen LogP contribution in [0, 0.1) is 30.6 Å². The van der Waals surface area contributed by atoms with Gasteiger partial charge in [0, 0.05) is 17.5 Å². The van der Waals surface area contributed by atoms with E-state index in [4.69, 9.17) is 17.6 Å². The number of nitrogens with zero attached hydrogens (tertiary/aromatic N) is 1. The van der Waals surface area contributed by atoms with Gasteiger partial charge in [-0.05, 0) is 48.9 Å². The van der Waals surface area contributed by atoms with E-state index in [2.05, 4.69) is 22.8 Å². The fourth-order valence-electron chi connectivity index (χ4n) is 5.41. The number of carbonyl (C=O) groups excluding carboxylic acids is 1. The first-order valence-corrected chi connectivity index (χ1v) is 9.14. The van der Waals surface area contributed by atoms with Gasteiger partial charge in [-0.15, -0.1) is 12.8 Å². The molecule has 3 aliphatic rings. The number of Topliss-reactive ketones (excluding diaryl/α,β-unsaturated/α-hetero) is 1. The topological polar surface area (TPSA) is 29.5 Å². The molecule has 25 heavy (non-hydrogen) atoms. The number of piperidine rings is 1. The van der Waals surface area contributed by atoms with Gasteiger partial charge in [0.2, 0.25) is 0 Å². The minimum Gasteiger partial charge on any atom is -0.481 e. The predicted molar refractivity (Wildman–Crippen MR) is 97.5 cm³/mol. The molecule has 0 radical (unpaired) electrons. The van der Waals surface area contributed by atoms with Crippen molar-refractivity contribution < 1.29 is 9.53 Å². The van der Waals surface area contributed by atoms with Gasteiger partial charge in [0.05, 0.1) is 12.6 Å². The molecule has 2 bridgehead atoms. The first-order chi connectivity index (χ1) is 12.2. The van der Waals surface area contributed by atoms with Gasteiger partial charge < -0.3 is 4.74 Å². The SMILES string of the molecule is C#CCOc1ccc2c(c1)[C@]13CCCC[C@H]1[C@H](C2=O)N(CC#C)CC3. The Balaban J connectivity index is 1.83. The summed E-state index contributed by atoms with van der Waals surface area (Å²) in [5.74, 6) is 6.62. The van der Waals surface area contributed by atoms with E-state index in [0.717, 1.165) is 37.1 Å². The lowest BCUT2D eigenvalue weighted by Gasteiger charge is -2.57. The van der Waals surface area contributed by atoms with E-state index in [1.807, 2.05) is 12.1 Å². The van der Waals surface area contributed by atoms with Crippen molar-refractivity contribution >= 4 is 5.78 Å². The number of terminal acetylenes is 2. The largest absolute Gasteiger partial charge is 0.481 e. The monoisotopic (exact) mass is 333 g/mol. The smallest absolute Gasteiger partial charge is 0.180 e. The van der Waals surface area contributed by atoms with Crippen molar-refractivity contribution in [1.29, 1.82) is 0 Å². The zero-order chi connectivity index (χ0) is 17.4. The minimum atomic E-state index is -0.0601. The van der Waals surface area contributed by atoms with Crippen molar-refractivity contribution in [2.45, 2.75) is 43.6 Å².